The van der Waals surface area contributed by atoms with E-state index in [9.17, 15) is 4.79 Å². The lowest BCUT2D eigenvalue weighted by Crippen LogP contribution is -2.44. The van der Waals surface area contributed by atoms with Crippen LogP contribution in [-0.2, 0) is 16.9 Å². The molecular formula is C16H16N2O. The van der Waals surface area contributed by atoms with Crippen LogP contribution in [0.4, 0.5) is 5.69 Å². The SMILES string of the molecule is C[C@]1(N)C(=O)N(Cc2ccccc2)c2ccccc21. The van der Waals surface area contributed by atoms with Gasteiger partial charge in [-0.3, -0.25) is 4.79 Å². The number of anilines is 1. The number of carbonyl (C=O) groups excluding carboxylic acids is 1. The summed E-state index contributed by atoms with van der Waals surface area (Å²) < 4.78 is 0. The molecule has 0 saturated heterocycles. The molecule has 1 heterocycles. The van der Waals surface area contributed by atoms with E-state index in [0.717, 1.165) is 16.8 Å². The highest BCUT2D eigenvalue weighted by Crippen LogP contribution is 2.38. The molecule has 2 aromatic carbocycles. The lowest BCUT2D eigenvalue weighted by atomic mass is 9.95. The van der Waals surface area contributed by atoms with Crippen molar-refractivity contribution in [2.24, 2.45) is 5.73 Å². The van der Waals surface area contributed by atoms with Gasteiger partial charge in [0.05, 0.1) is 6.54 Å². The Morgan fingerprint density at radius 1 is 1.05 bits per heavy atom. The van der Waals surface area contributed by atoms with Crippen molar-refractivity contribution in [3.63, 3.8) is 0 Å². The van der Waals surface area contributed by atoms with Gasteiger partial charge in [0.1, 0.15) is 5.54 Å². The highest BCUT2D eigenvalue weighted by molar-refractivity contribution is 6.07. The van der Waals surface area contributed by atoms with Crippen LogP contribution in [0.3, 0.4) is 0 Å². The molecule has 0 unspecified atom stereocenters. The van der Waals surface area contributed by atoms with Gasteiger partial charge >= 0.3 is 0 Å². The Balaban J connectivity index is 2.02. The van der Waals surface area contributed by atoms with Gasteiger partial charge < -0.3 is 10.6 Å². The molecule has 0 fully saturated rings. The fraction of sp³-hybridized carbons (Fsp3) is 0.188. The Kier molecular flexibility index (Phi) is 2.64. The van der Waals surface area contributed by atoms with E-state index < -0.39 is 5.54 Å². The first-order chi connectivity index (χ1) is 9.10. The zero-order valence-electron chi connectivity index (χ0n) is 10.8. The highest BCUT2D eigenvalue weighted by Gasteiger charge is 2.44. The minimum Gasteiger partial charge on any atom is -0.314 e. The number of fused-ring (bicyclic) bond motifs is 1. The van der Waals surface area contributed by atoms with Crippen molar-refractivity contribution in [2.45, 2.75) is 19.0 Å². The molecule has 1 atom stereocenters. The summed E-state index contributed by atoms with van der Waals surface area (Å²) in [6.45, 7) is 2.34. The van der Waals surface area contributed by atoms with Gasteiger partial charge in [0.25, 0.3) is 5.91 Å². The van der Waals surface area contributed by atoms with Crippen molar-refractivity contribution in [3.8, 4) is 0 Å². The fourth-order valence-electron chi connectivity index (χ4n) is 2.58. The van der Waals surface area contributed by atoms with Crippen molar-refractivity contribution in [3.05, 3.63) is 65.7 Å². The molecule has 3 nitrogen and oxygen atoms in total. The summed E-state index contributed by atoms with van der Waals surface area (Å²) in [6.07, 6.45) is 0. The first-order valence-electron chi connectivity index (χ1n) is 6.35. The van der Waals surface area contributed by atoms with Crippen LogP contribution >= 0.6 is 0 Å². The molecule has 0 aliphatic carbocycles. The van der Waals surface area contributed by atoms with Crippen LogP contribution in [0.5, 0.6) is 0 Å². The number of nitrogens with two attached hydrogens (primary N) is 1. The van der Waals surface area contributed by atoms with E-state index in [1.807, 2.05) is 54.6 Å². The predicted molar refractivity (Wildman–Crippen MR) is 75.6 cm³/mol. The molecular weight excluding hydrogens is 236 g/mol. The second-order valence-corrected chi connectivity index (χ2v) is 5.10. The smallest absolute Gasteiger partial charge is 0.251 e. The topological polar surface area (TPSA) is 46.3 Å². The van der Waals surface area contributed by atoms with Crippen molar-refractivity contribution in [1.82, 2.24) is 0 Å². The van der Waals surface area contributed by atoms with Crippen LogP contribution in [-0.4, -0.2) is 5.91 Å². The van der Waals surface area contributed by atoms with E-state index in [4.69, 9.17) is 5.73 Å². The van der Waals surface area contributed by atoms with Crippen molar-refractivity contribution in [1.29, 1.82) is 0 Å². The quantitative estimate of drug-likeness (QED) is 0.892. The fourth-order valence-corrected chi connectivity index (χ4v) is 2.58. The van der Waals surface area contributed by atoms with E-state index in [-0.39, 0.29) is 5.91 Å². The molecule has 0 saturated carbocycles. The molecule has 2 aromatic rings. The third-order valence-corrected chi connectivity index (χ3v) is 3.63. The van der Waals surface area contributed by atoms with Crippen molar-refractivity contribution < 1.29 is 4.79 Å². The van der Waals surface area contributed by atoms with Crippen molar-refractivity contribution >= 4 is 11.6 Å². The Morgan fingerprint density at radius 3 is 2.42 bits per heavy atom. The van der Waals surface area contributed by atoms with Gasteiger partial charge in [-0.2, -0.15) is 0 Å². The number of benzene rings is 2. The van der Waals surface area contributed by atoms with Crippen LogP contribution < -0.4 is 10.6 Å². The van der Waals surface area contributed by atoms with Gasteiger partial charge in [0.15, 0.2) is 0 Å². The predicted octanol–water partition coefficient (Wildman–Crippen LogP) is 2.41. The third kappa shape index (κ3) is 1.83. The van der Waals surface area contributed by atoms with E-state index in [1.54, 1.807) is 11.8 Å². The first kappa shape index (κ1) is 11.9. The van der Waals surface area contributed by atoms with Gasteiger partial charge in [0.2, 0.25) is 0 Å². The molecule has 3 rings (SSSR count). The number of hydrogen-bond acceptors (Lipinski definition) is 2. The molecule has 0 radical (unpaired) electrons. The van der Waals surface area contributed by atoms with E-state index in [2.05, 4.69) is 0 Å². The Morgan fingerprint density at radius 2 is 1.68 bits per heavy atom. The number of amides is 1. The summed E-state index contributed by atoms with van der Waals surface area (Å²) in [7, 11) is 0. The average Bonchev–Trinajstić information content (AvgIpc) is 2.62. The van der Waals surface area contributed by atoms with Crippen LogP contribution in [0.15, 0.2) is 54.6 Å². The summed E-state index contributed by atoms with van der Waals surface area (Å²) in [5.41, 5.74) is 8.18. The van der Waals surface area contributed by atoms with Crippen LogP contribution in [0.1, 0.15) is 18.1 Å². The molecule has 1 aliphatic heterocycles. The molecule has 0 spiro atoms. The maximum atomic E-state index is 12.5. The van der Waals surface area contributed by atoms with Gasteiger partial charge in [-0.15, -0.1) is 0 Å². The molecule has 0 bridgehead atoms. The van der Waals surface area contributed by atoms with Crippen LogP contribution in [0.2, 0.25) is 0 Å². The van der Waals surface area contributed by atoms with E-state index >= 15 is 0 Å². The zero-order chi connectivity index (χ0) is 13.5. The van der Waals surface area contributed by atoms with Crippen molar-refractivity contribution in [2.75, 3.05) is 4.90 Å². The molecule has 2 N–H and O–H groups in total. The maximum Gasteiger partial charge on any atom is 0.251 e. The van der Waals surface area contributed by atoms with Crippen LogP contribution in [0, 0.1) is 0 Å². The number of rotatable bonds is 2. The second-order valence-electron chi connectivity index (χ2n) is 5.10. The molecule has 0 aromatic heterocycles. The van der Waals surface area contributed by atoms with Crippen LogP contribution in [0.25, 0.3) is 0 Å². The lowest BCUT2D eigenvalue weighted by molar-refractivity contribution is -0.122. The van der Waals surface area contributed by atoms with Gasteiger partial charge in [-0.05, 0) is 18.6 Å². The number of hydrogen-bond donors (Lipinski definition) is 1. The normalized spacial score (nSPS) is 21.6. The highest BCUT2D eigenvalue weighted by atomic mass is 16.2. The average molecular weight is 252 g/mol. The number of para-hydroxylation sites is 1. The monoisotopic (exact) mass is 252 g/mol. The molecule has 1 aliphatic rings. The summed E-state index contributed by atoms with van der Waals surface area (Å²) in [6, 6.07) is 17.7. The minimum absolute atomic E-state index is 0.0439. The molecule has 96 valence electrons. The number of nitrogens with zero attached hydrogens (tertiary/aromatic N) is 1. The first-order valence-corrected chi connectivity index (χ1v) is 6.35. The Bertz CT molecular complexity index is 620. The summed E-state index contributed by atoms with van der Waals surface area (Å²) in [5.74, 6) is -0.0439. The summed E-state index contributed by atoms with van der Waals surface area (Å²) in [4.78, 5) is 14.3. The van der Waals surface area contributed by atoms with E-state index in [1.165, 1.54) is 0 Å². The maximum absolute atomic E-state index is 12.5. The third-order valence-electron chi connectivity index (χ3n) is 3.63. The Hall–Kier alpha value is -2.13. The summed E-state index contributed by atoms with van der Waals surface area (Å²) in [5, 5.41) is 0. The largest absolute Gasteiger partial charge is 0.314 e. The Labute approximate surface area is 112 Å². The van der Waals surface area contributed by atoms with E-state index in [0.29, 0.717) is 6.54 Å². The second kappa shape index (κ2) is 4.21. The molecule has 19 heavy (non-hydrogen) atoms. The van der Waals surface area contributed by atoms with Gasteiger partial charge in [-0.25, -0.2) is 0 Å². The molecule has 1 amide bonds. The molecule has 3 heteroatoms. The summed E-state index contributed by atoms with van der Waals surface area (Å²) >= 11 is 0. The van der Waals surface area contributed by atoms with Gasteiger partial charge in [0, 0.05) is 11.3 Å². The lowest BCUT2D eigenvalue weighted by Gasteiger charge is -2.20. The standard InChI is InChI=1S/C16H16N2O/c1-16(17)13-9-5-6-10-14(13)18(15(16)19)11-12-7-3-2-4-8-12/h2-10H,11,17H2,1H3/t16-/m1/s1. The number of carbonyl (C=O) groups is 1. The zero-order valence-corrected chi connectivity index (χ0v) is 10.8. The minimum atomic E-state index is -0.925. The van der Waals surface area contributed by atoms with Gasteiger partial charge in [-0.1, -0.05) is 48.5 Å².